The number of hydrogen-bond acceptors (Lipinski definition) is 2. The molecule has 2 N–H and O–H groups in total. The first kappa shape index (κ1) is 17.7. The summed E-state index contributed by atoms with van der Waals surface area (Å²) in [5.41, 5.74) is 4.00. The van der Waals surface area contributed by atoms with Gasteiger partial charge in [0.05, 0.1) is 0 Å². The Labute approximate surface area is 153 Å². The third-order valence-corrected chi connectivity index (χ3v) is 5.51. The van der Waals surface area contributed by atoms with Gasteiger partial charge in [-0.1, -0.05) is 52.3 Å². The maximum Gasteiger partial charge on any atom is 0.0474 e. The van der Waals surface area contributed by atoms with E-state index < -0.39 is 0 Å². The van der Waals surface area contributed by atoms with Crippen LogP contribution in [-0.4, -0.2) is 18.3 Å². The van der Waals surface area contributed by atoms with Crippen LogP contribution in [0.4, 0.5) is 0 Å². The van der Waals surface area contributed by atoms with Crippen molar-refractivity contribution in [1.82, 2.24) is 5.32 Å². The molecule has 0 bridgehead atoms. The fourth-order valence-corrected chi connectivity index (χ4v) is 3.57. The van der Waals surface area contributed by atoms with Gasteiger partial charge in [-0.05, 0) is 66.8 Å². The van der Waals surface area contributed by atoms with Crippen molar-refractivity contribution in [3.05, 3.63) is 69.7 Å². The summed E-state index contributed by atoms with van der Waals surface area (Å²) in [5.74, 6) is 0.992. The summed E-state index contributed by atoms with van der Waals surface area (Å²) in [6.07, 6.45) is 3.53. The Bertz CT molecular complexity index is 651. The van der Waals surface area contributed by atoms with E-state index in [0.717, 1.165) is 23.4 Å². The fourth-order valence-electron chi connectivity index (χ4n) is 3.30. The van der Waals surface area contributed by atoms with Gasteiger partial charge in [-0.25, -0.2) is 0 Å². The molecule has 3 heteroatoms. The molecule has 2 aromatic rings. The summed E-state index contributed by atoms with van der Waals surface area (Å²) in [6, 6.07) is 17.5. The minimum Gasteiger partial charge on any atom is -0.396 e. The highest BCUT2D eigenvalue weighted by molar-refractivity contribution is 9.10. The third-order valence-electron chi connectivity index (χ3n) is 4.98. The molecule has 0 saturated heterocycles. The molecule has 0 aromatic heterocycles. The molecule has 2 aromatic carbocycles. The first-order valence-electron chi connectivity index (χ1n) is 8.81. The van der Waals surface area contributed by atoms with Gasteiger partial charge in [0.1, 0.15) is 0 Å². The highest BCUT2D eigenvalue weighted by Gasteiger charge is 2.32. The number of aryl methyl sites for hydroxylation is 1. The average molecular weight is 388 g/mol. The van der Waals surface area contributed by atoms with Crippen LogP contribution in [0.5, 0.6) is 0 Å². The number of aliphatic hydroxyl groups is 1. The standard InChI is InChI=1S/C21H26BrNO/c1-15-4-2-3-5-19(15)12-16(14-24)13-23-21(17-6-7-17)18-8-10-20(22)11-9-18/h2-5,8-11,16-17,21,23-24H,6-7,12-14H2,1H3. The normalized spacial score (nSPS) is 16.8. The number of benzene rings is 2. The average Bonchev–Trinajstić information content (AvgIpc) is 3.42. The van der Waals surface area contributed by atoms with Crippen molar-refractivity contribution >= 4 is 15.9 Å². The van der Waals surface area contributed by atoms with E-state index in [2.05, 4.69) is 76.7 Å². The zero-order valence-electron chi connectivity index (χ0n) is 14.2. The van der Waals surface area contributed by atoms with E-state index in [4.69, 9.17) is 0 Å². The Hall–Kier alpha value is -1.16. The molecule has 1 saturated carbocycles. The van der Waals surface area contributed by atoms with Crippen LogP contribution >= 0.6 is 15.9 Å². The SMILES string of the molecule is Cc1ccccc1CC(CO)CNC(c1ccc(Br)cc1)C1CC1. The number of nitrogens with one attached hydrogen (secondary N) is 1. The quantitative estimate of drug-likeness (QED) is 0.690. The Morgan fingerprint density at radius 1 is 1.12 bits per heavy atom. The van der Waals surface area contributed by atoms with E-state index in [-0.39, 0.29) is 12.5 Å². The second kappa shape index (κ2) is 8.28. The topological polar surface area (TPSA) is 32.3 Å². The zero-order valence-corrected chi connectivity index (χ0v) is 15.8. The Balaban J connectivity index is 1.62. The number of hydrogen-bond donors (Lipinski definition) is 2. The predicted octanol–water partition coefficient (Wildman–Crippen LogP) is 4.65. The molecule has 2 unspecified atom stereocenters. The molecular weight excluding hydrogens is 362 g/mol. The van der Waals surface area contributed by atoms with Crippen molar-refractivity contribution in [2.45, 2.75) is 32.2 Å². The molecule has 24 heavy (non-hydrogen) atoms. The van der Waals surface area contributed by atoms with Crippen LogP contribution in [0.3, 0.4) is 0 Å². The number of rotatable bonds is 8. The summed E-state index contributed by atoms with van der Waals surface area (Å²) in [5, 5.41) is 13.5. The molecular formula is C21H26BrNO. The summed E-state index contributed by atoms with van der Waals surface area (Å²) < 4.78 is 1.12. The molecule has 1 aliphatic carbocycles. The van der Waals surface area contributed by atoms with Crippen LogP contribution in [0.15, 0.2) is 53.0 Å². The predicted molar refractivity (Wildman–Crippen MR) is 103 cm³/mol. The van der Waals surface area contributed by atoms with E-state index in [1.165, 1.54) is 29.5 Å². The molecule has 3 rings (SSSR count). The molecule has 128 valence electrons. The van der Waals surface area contributed by atoms with Crippen molar-refractivity contribution in [3.63, 3.8) is 0 Å². The minimum absolute atomic E-state index is 0.221. The number of aliphatic hydroxyl groups excluding tert-OH is 1. The van der Waals surface area contributed by atoms with Gasteiger partial charge in [0.25, 0.3) is 0 Å². The lowest BCUT2D eigenvalue weighted by Gasteiger charge is -2.23. The Morgan fingerprint density at radius 3 is 2.46 bits per heavy atom. The lowest BCUT2D eigenvalue weighted by molar-refractivity contribution is 0.216. The monoisotopic (exact) mass is 387 g/mol. The second-order valence-corrected chi connectivity index (χ2v) is 7.87. The van der Waals surface area contributed by atoms with Gasteiger partial charge in [0, 0.05) is 23.7 Å². The van der Waals surface area contributed by atoms with Gasteiger partial charge < -0.3 is 10.4 Å². The molecule has 1 aliphatic rings. The molecule has 0 spiro atoms. The van der Waals surface area contributed by atoms with E-state index in [1.54, 1.807) is 0 Å². The van der Waals surface area contributed by atoms with E-state index >= 15 is 0 Å². The minimum atomic E-state index is 0.221. The molecule has 0 amide bonds. The fraction of sp³-hybridized carbons (Fsp3) is 0.429. The number of halogens is 1. The van der Waals surface area contributed by atoms with Crippen LogP contribution in [-0.2, 0) is 6.42 Å². The molecule has 0 radical (unpaired) electrons. The van der Waals surface area contributed by atoms with E-state index in [1.807, 2.05) is 0 Å². The lowest BCUT2D eigenvalue weighted by Crippen LogP contribution is -2.31. The summed E-state index contributed by atoms with van der Waals surface area (Å²) >= 11 is 3.51. The lowest BCUT2D eigenvalue weighted by atomic mass is 9.95. The van der Waals surface area contributed by atoms with Gasteiger partial charge in [0.2, 0.25) is 0 Å². The maximum atomic E-state index is 9.81. The highest BCUT2D eigenvalue weighted by atomic mass is 79.9. The van der Waals surface area contributed by atoms with Crippen LogP contribution in [0.25, 0.3) is 0 Å². The zero-order chi connectivity index (χ0) is 16.9. The van der Waals surface area contributed by atoms with Crippen LogP contribution in [0.1, 0.15) is 35.6 Å². The third kappa shape index (κ3) is 4.69. The first-order valence-corrected chi connectivity index (χ1v) is 9.61. The summed E-state index contributed by atoms with van der Waals surface area (Å²) in [7, 11) is 0. The van der Waals surface area contributed by atoms with Gasteiger partial charge in [-0.2, -0.15) is 0 Å². The Morgan fingerprint density at radius 2 is 1.83 bits per heavy atom. The van der Waals surface area contributed by atoms with Crippen LogP contribution in [0.2, 0.25) is 0 Å². The molecule has 2 atom stereocenters. The smallest absolute Gasteiger partial charge is 0.0474 e. The summed E-state index contributed by atoms with van der Waals surface area (Å²) in [6.45, 7) is 3.22. The molecule has 0 aliphatic heterocycles. The van der Waals surface area contributed by atoms with E-state index in [9.17, 15) is 5.11 Å². The van der Waals surface area contributed by atoms with Crippen LogP contribution < -0.4 is 5.32 Å². The van der Waals surface area contributed by atoms with Gasteiger partial charge >= 0.3 is 0 Å². The molecule has 1 fully saturated rings. The second-order valence-electron chi connectivity index (χ2n) is 6.95. The maximum absolute atomic E-state index is 9.81. The Kier molecular flexibility index (Phi) is 6.09. The van der Waals surface area contributed by atoms with Crippen LogP contribution in [0, 0.1) is 18.8 Å². The van der Waals surface area contributed by atoms with Crippen molar-refractivity contribution in [2.75, 3.05) is 13.2 Å². The van der Waals surface area contributed by atoms with E-state index in [0.29, 0.717) is 6.04 Å². The summed E-state index contributed by atoms with van der Waals surface area (Å²) in [4.78, 5) is 0. The highest BCUT2D eigenvalue weighted by Crippen LogP contribution is 2.41. The molecule has 0 heterocycles. The molecule has 2 nitrogen and oxygen atoms in total. The van der Waals surface area contributed by atoms with Gasteiger partial charge in [-0.3, -0.25) is 0 Å². The van der Waals surface area contributed by atoms with Gasteiger partial charge in [0.15, 0.2) is 0 Å². The van der Waals surface area contributed by atoms with Crippen molar-refractivity contribution in [2.24, 2.45) is 11.8 Å². The van der Waals surface area contributed by atoms with Crippen molar-refractivity contribution in [1.29, 1.82) is 0 Å². The largest absolute Gasteiger partial charge is 0.396 e. The van der Waals surface area contributed by atoms with Crippen molar-refractivity contribution < 1.29 is 5.11 Å². The van der Waals surface area contributed by atoms with Gasteiger partial charge in [-0.15, -0.1) is 0 Å². The van der Waals surface area contributed by atoms with Crippen molar-refractivity contribution in [3.8, 4) is 0 Å². The first-order chi connectivity index (χ1) is 11.7.